The van der Waals surface area contributed by atoms with E-state index in [4.69, 9.17) is 10.2 Å². The number of rotatable bonds is 2. The molecule has 0 saturated heterocycles. The van der Waals surface area contributed by atoms with Crippen LogP contribution in [0.25, 0.3) is 0 Å². The summed E-state index contributed by atoms with van der Waals surface area (Å²) in [5.41, 5.74) is 2.03. The number of phenolic OH excluding ortho intramolecular Hbond substituents is 2. The number of anilines is 2. The Morgan fingerprint density at radius 1 is 0.677 bits per heavy atom. The third-order valence-electron chi connectivity index (χ3n) is 3.86. The van der Waals surface area contributed by atoms with E-state index in [0.717, 1.165) is 24.2 Å². The molecule has 0 aromatic heterocycles. The normalized spacial score (nSPS) is 11.7. The van der Waals surface area contributed by atoms with Crippen molar-refractivity contribution in [1.82, 2.24) is 0 Å². The van der Waals surface area contributed by atoms with Gasteiger partial charge in [0.15, 0.2) is 0 Å². The first-order chi connectivity index (χ1) is 14.4. The molecule has 2 aliphatic carbocycles. The molecule has 0 heterocycles. The Hall–Kier alpha value is -2.52. The van der Waals surface area contributed by atoms with Crippen LogP contribution < -0.4 is 9.80 Å². The van der Waals surface area contributed by atoms with Gasteiger partial charge in [0.25, 0.3) is 0 Å². The molecule has 0 amide bonds. The Labute approximate surface area is 206 Å². The second-order valence-electron chi connectivity index (χ2n) is 6.83. The van der Waals surface area contributed by atoms with Crippen LogP contribution >= 0.6 is 0 Å². The summed E-state index contributed by atoms with van der Waals surface area (Å²) < 4.78 is 0. The largest absolute Gasteiger partial charge is 2.00 e. The monoisotopic (exact) mass is 494 g/mol. The summed E-state index contributed by atoms with van der Waals surface area (Å²) in [6.07, 6.45) is 20.0. The van der Waals surface area contributed by atoms with Crippen LogP contribution in [0.3, 0.4) is 0 Å². The standard InChI is InChI=1S/2C8H11NO.2C5H5.Zr/c2*1-9(2)7-4-3-5-8(10)6-7;2*1-2-4-5-3-1;/h2*3-6,10H,1-2H3;2*1-3H,4H2;/q;;2*-1;+2. The Balaban J connectivity index is 0.000000401. The predicted molar refractivity (Wildman–Crippen MR) is 128 cm³/mol. The molecule has 2 aromatic carbocycles. The fourth-order valence-electron chi connectivity index (χ4n) is 2.22. The summed E-state index contributed by atoms with van der Waals surface area (Å²) in [6.45, 7) is 0. The van der Waals surface area contributed by atoms with Gasteiger partial charge < -0.3 is 20.0 Å². The van der Waals surface area contributed by atoms with Crippen LogP contribution in [-0.4, -0.2) is 38.4 Å². The van der Waals surface area contributed by atoms with E-state index in [0.29, 0.717) is 11.5 Å². The van der Waals surface area contributed by atoms with Gasteiger partial charge >= 0.3 is 26.2 Å². The number of phenols is 2. The van der Waals surface area contributed by atoms with Crippen LogP contribution in [0.1, 0.15) is 12.8 Å². The molecular formula is C26H32N2O2Zr. The van der Waals surface area contributed by atoms with Gasteiger partial charge in [-0.25, -0.2) is 24.3 Å². The maximum Gasteiger partial charge on any atom is 2.00 e. The van der Waals surface area contributed by atoms with Crippen molar-refractivity contribution in [3.8, 4) is 11.5 Å². The van der Waals surface area contributed by atoms with Gasteiger partial charge in [0.1, 0.15) is 11.5 Å². The molecule has 2 aromatic rings. The van der Waals surface area contributed by atoms with Crippen molar-refractivity contribution in [2.45, 2.75) is 12.8 Å². The quantitative estimate of drug-likeness (QED) is 0.538. The van der Waals surface area contributed by atoms with Crippen molar-refractivity contribution in [3.63, 3.8) is 0 Å². The minimum atomic E-state index is 0. The SMILES string of the molecule is CN(C)c1cccc(O)c1.CN(C)c1cccc(O)c1.[C-]1=CC=CC1.[C-]1=CC=CC1.[Zr+2]. The zero-order valence-electron chi connectivity index (χ0n) is 18.8. The first-order valence-electron chi connectivity index (χ1n) is 9.76. The average molecular weight is 496 g/mol. The maximum atomic E-state index is 9.04. The van der Waals surface area contributed by atoms with Gasteiger partial charge in [-0.2, -0.15) is 12.2 Å². The van der Waals surface area contributed by atoms with Crippen LogP contribution in [0.15, 0.2) is 85.0 Å². The van der Waals surface area contributed by atoms with Crippen molar-refractivity contribution in [1.29, 1.82) is 0 Å². The van der Waals surface area contributed by atoms with E-state index in [1.807, 2.05) is 86.6 Å². The number of hydrogen-bond acceptors (Lipinski definition) is 4. The van der Waals surface area contributed by atoms with Crippen molar-refractivity contribution in [2.75, 3.05) is 38.0 Å². The summed E-state index contributed by atoms with van der Waals surface area (Å²) >= 11 is 0. The Kier molecular flexibility index (Phi) is 15.8. The van der Waals surface area contributed by atoms with Gasteiger partial charge in [0, 0.05) is 51.7 Å². The fourth-order valence-corrected chi connectivity index (χ4v) is 2.22. The van der Waals surface area contributed by atoms with Gasteiger partial charge in [0.05, 0.1) is 0 Å². The molecule has 0 radical (unpaired) electrons. The first-order valence-corrected chi connectivity index (χ1v) is 9.76. The molecule has 4 rings (SSSR count). The molecule has 5 heteroatoms. The summed E-state index contributed by atoms with van der Waals surface area (Å²) in [4.78, 5) is 3.89. The maximum absolute atomic E-state index is 9.04. The van der Waals surface area contributed by atoms with Crippen LogP contribution in [-0.2, 0) is 26.2 Å². The third kappa shape index (κ3) is 14.2. The van der Waals surface area contributed by atoms with Crippen molar-refractivity contribution in [2.24, 2.45) is 0 Å². The zero-order chi connectivity index (χ0) is 22.2. The molecule has 0 spiro atoms. The topological polar surface area (TPSA) is 46.9 Å². The van der Waals surface area contributed by atoms with E-state index in [1.54, 1.807) is 24.3 Å². The van der Waals surface area contributed by atoms with E-state index in [2.05, 4.69) is 24.3 Å². The molecule has 2 N–H and O–H groups in total. The van der Waals surface area contributed by atoms with Gasteiger partial charge in [-0.3, -0.25) is 12.2 Å². The second-order valence-corrected chi connectivity index (χ2v) is 6.83. The van der Waals surface area contributed by atoms with Crippen LogP contribution in [0.4, 0.5) is 11.4 Å². The van der Waals surface area contributed by atoms with Gasteiger partial charge in [-0.1, -0.05) is 12.1 Å². The summed E-state index contributed by atoms with van der Waals surface area (Å²) in [5.74, 6) is 0.623. The molecule has 4 nitrogen and oxygen atoms in total. The van der Waals surface area contributed by atoms with Crippen molar-refractivity contribution in [3.05, 3.63) is 97.1 Å². The van der Waals surface area contributed by atoms with E-state index in [1.165, 1.54) is 0 Å². The first kappa shape index (κ1) is 28.5. The number of aromatic hydroxyl groups is 2. The molecule has 0 aliphatic heterocycles. The molecule has 0 bridgehead atoms. The van der Waals surface area contributed by atoms with Crippen LogP contribution in [0.2, 0.25) is 0 Å². The van der Waals surface area contributed by atoms with Crippen molar-refractivity contribution >= 4 is 11.4 Å². The fraction of sp³-hybridized carbons (Fsp3) is 0.231. The number of benzene rings is 2. The number of nitrogens with zero attached hydrogens (tertiary/aromatic N) is 2. The third-order valence-corrected chi connectivity index (χ3v) is 3.86. The van der Waals surface area contributed by atoms with Gasteiger partial charge in [-0.05, 0) is 24.3 Å². The summed E-state index contributed by atoms with van der Waals surface area (Å²) in [6, 6.07) is 14.3. The molecule has 0 saturated carbocycles. The van der Waals surface area contributed by atoms with Crippen LogP contribution in [0, 0.1) is 12.2 Å². The van der Waals surface area contributed by atoms with E-state index in [-0.39, 0.29) is 26.2 Å². The van der Waals surface area contributed by atoms with E-state index in [9.17, 15) is 0 Å². The molecule has 162 valence electrons. The summed E-state index contributed by atoms with van der Waals surface area (Å²) in [5, 5.41) is 18.1. The zero-order valence-corrected chi connectivity index (χ0v) is 21.2. The predicted octanol–water partition coefficient (Wildman–Crippen LogP) is 5.53. The Morgan fingerprint density at radius 2 is 1.06 bits per heavy atom. The van der Waals surface area contributed by atoms with E-state index < -0.39 is 0 Å². The molecule has 0 atom stereocenters. The average Bonchev–Trinajstić information content (AvgIpc) is 3.47. The molecule has 31 heavy (non-hydrogen) atoms. The Bertz CT molecular complexity index is 764. The van der Waals surface area contributed by atoms with Crippen molar-refractivity contribution < 1.29 is 36.4 Å². The van der Waals surface area contributed by atoms with Crippen LogP contribution in [0.5, 0.6) is 11.5 Å². The minimum Gasteiger partial charge on any atom is -0.508 e. The number of allylic oxidation sites excluding steroid dienone is 8. The van der Waals surface area contributed by atoms with Gasteiger partial charge in [0.2, 0.25) is 0 Å². The smallest absolute Gasteiger partial charge is 0.508 e. The molecule has 0 fully saturated rings. The Morgan fingerprint density at radius 3 is 1.23 bits per heavy atom. The van der Waals surface area contributed by atoms with E-state index >= 15 is 0 Å². The second kappa shape index (κ2) is 17.2. The minimum absolute atomic E-state index is 0. The molecule has 0 unspecified atom stereocenters. The molecule has 2 aliphatic rings. The molecular weight excluding hydrogens is 464 g/mol. The van der Waals surface area contributed by atoms with Gasteiger partial charge in [-0.15, -0.1) is 12.8 Å². The summed E-state index contributed by atoms with van der Waals surface area (Å²) in [7, 11) is 7.76. The number of hydrogen-bond donors (Lipinski definition) is 2.